The highest BCUT2D eigenvalue weighted by Crippen LogP contribution is 2.61. The largest absolute Gasteiger partial charge is 0.350 e. The van der Waals surface area contributed by atoms with E-state index in [9.17, 15) is 9.59 Å². The zero-order valence-electron chi connectivity index (χ0n) is 19.2. The molecule has 1 N–H and O–H groups in total. The summed E-state index contributed by atoms with van der Waals surface area (Å²) in [6.45, 7) is 7.58. The molecule has 6 unspecified atom stereocenters. The minimum atomic E-state index is -0.141. The summed E-state index contributed by atoms with van der Waals surface area (Å²) in [6.07, 6.45) is 3.75. The van der Waals surface area contributed by atoms with Gasteiger partial charge in [0.2, 0.25) is 11.8 Å². The average molecular weight is 436 g/mol. The fourth-order valence-electron chi connectivity index (χ4n) is 6.05. The van der Waals surface area contributed by atoms with Crippen molar-refractivity contribution in [3.63, 3.8) is 0 Å². The number of amides is 2. The Kier molecular flexibility index (Phi) is 5.47. The van der Waals surface area contributed by atoms with Gasteiger partial charge in [0.15, 0.2) is 0 Å². The molecular formula is C25H33N5O2. The zero-order valence-corrected chi connectivity index (χ0v) is 19.2. The van der Waals surface area contributed by atoms with E-state index < -0.39 is 0 Å². The van der Waals surface area contributed by atoms with Gasteiger partial charge in [0.25, 0.3) is 0 Å². The predicted molar refractivity (Wildman–Crippen MR) is 120 cm³/mol. The van der Waals surface area contributed by atoms with Crippen LogP contribution in [0, 0.1) is 23.2 Å². The quantitative estimate of drug-likeness (QED) is 0.695. The smallest absolute Gasteiger partial charge is 0.239 e. The minimum Gasteiger partial charge on any atom is -0.350 e. The average Bonchev–Trinajstić information content (AvgIpc) is 3.69. The van der Waals surface area contributed by atoms with Crippen LogP contribution < -0.4 is 5.32 Å². The van der Waals surface area contributed by atoms with E-state index in [1.54, 1.807) is 0 Å². The second-order valence-corrected chi connectivity index (χ2v) is 10.1. The molecule has 32 heavy (non-hydrogen) atoms. The van der Waals surface area contributed by atoms with Crippen LogP contribution in [0.3, 0.4) is 0 Å². The fraction of sp³-hybridized carbons (Fsp3) is 0.640. The van der Waals surface area contributed by atoms with E-state index in [4.69, 9.17) is 5.26 Å². The van der Waals surface area contributed by atoms with Crippen molar-refractivity contribution < 1.29 is 9.59 Å². The van der Waals surface area contributed by atoms with Crippen LogP contribution in [-0.2, 0) is 9.59 Å². The number of carbonyl (C=O) groups is 2. The Morgan fingerprint density at radius 3 is 2.50 bits per heavy atom. The molecule has 1 aromatic carbocycles. The topological polar surface area (TPSA) is 79.5 Å². The van der Waals surface area contributed by atoms with Gasteiger partial charge in [0.1, 0.15) is 6.04 Å². The molecule has 1 aromatic rings. The Morgan fingerprint density at radius 2 is 1.91 bits per heavy atom. The van der Waals surface area contributed by atoms with Crippen LogP contribution in [0.4, 0.5) is 0 Å². The Morgan fingerprint density at radius 1 is 1.19 bits per heavy atom. The normalized spacial score (nSPS) is 33.8. The van der Waals surface area contributed by atoms with Gasteiger partial charge >= 0.3 is 0 Å². The van der Waals surface area contributed by atoms with Crippen molar-refractivity contribution in [2.45, 2.75) is 76.7 Å². The van der Waals surface area contributed by atoms with Gasteiger partial charge in [-0.15, -0.1) is 0 Å². The van der Waals surface area contributed by atoms with E-state index in [-0.39, 0.29) is 29.9 Å². The van der Waals surface area contributed by atoms with Crippen LogP contribution in [0.1, 0.15) is 63.6 Å². The lowest BCUT2D eigenvalue weighted by atomic mass is 9.87. The van der Waals surface area contributed by atoms with Gasteiger partial charge in [-0.05, 0) is 56.7 Å². The molecule has 1 aliphatic carbocycles. The maximum absolute atomic E-state index is 13.6. The molecule has 3 aliphatic heterocycles. The second-order valence-electron chi connectivity index (χ2n) is 10.1. The van der Waals surface area contributed by atoms with Gasteiger partial charge in [-0.1, -0.05) is 19.1 Å². The van der Waals surface area contributed by atoms with E-state index >= 15 is 0 Å². The number of likely N-dealkylation sites (tertiary alicyclic amines) is 1. The standard InChI is InChI=1S/C25H33N5O2/c1-4-20(31)28-12-11-19(14-28)27-25(32)24-21(17-9-10-17)23-22(30(23)29(24)15(2)3)18-7-5-16(13-26)6-8-18/h5-8,15,17,19,21-24H,4,9-12,14H2,1-3H3,(H,27,32). The van der Waals surface area contributed by atoms with Crippen molar-refractivity contribution in [1.29, 1.82) is 5.26 Å². The number of benzene rings is 1. The second kappa shape index (κ2) is 8.17. The Labute approximate surface area is 190 Å². The number of nitrogens with one attached hydrogen (secondary N) is 1. The third kappa shape index (κ3) is 3.60. The van der Waals surface area contributed by atoms with Crippen molar-refractivity contribution in [2.24, 2.45) is 11.8 Å². The summed E-state index contributed by atoms with van der Waals surface area (Å²) in [4.78, 5) is 27.5. The highest BCUT2D eigenvalue weighted by Gasteiger charge is 2.69. The summed E-state index contributed by atoms with van der Waals surface area (Å²) in [7, 11) is 0. The molecule has 7 heteroatoms. The van der Waals surface area contributed by atoms with Gasteiger partial charge < -0.3 is 10.2 Å². The lowest BCUT2D eigenvalue weighted by Gasteiger charge is -2.35. The third-order valence-corrected chi connectivity index (χ3v) is 7.67. The number of nitriles is 1. The number of rotatable bonds is 6. The van der Waals surface area contributed by atoms with Crippen molar-refractivity contribution >= 4 is 11.8 Å². The van der Waals surface area contributed by atoms with Crippen LogP contribution in [0.2, 0.25) is 0 Å². The Bertz CT molecular complexity index is 919. The number of hydrogen-bond donors (Lipinski definition) is 1. The molecule has 4 fully saturated rings. The minimum absolute atomic E-state index is 0.0492. The Balaban J connectivity index is 1.33. The summed E-state index contributed by atoms with van der Waals surface area (Å²) in [6, 6.07) is 10.9. The lowest BCUT2D eigenvalue weighted by molar-refractivity contribution is -0.134. The molecule has 3 heterocycles. The fourth-order valence-corrected chi connectivity index (χ4v) is 6.05. The van der Waals surface area contributed by atoms with Crippen molar-refractivity contribution in [1.82, 2.24) is 20.2 Å². The van der Waals surface area contributed by atoms with Crippen LogP contribution in [0.25, 0.3) is 0 Å². The third-order valence-electron chi connectivity index (χ3n) is 7.67. The Hall–Kier alpha value is -2.43. The molecular weight excluding hydrogens is 402 g/mol. The summed E-state index contributed by atoms with van der Waals surface area (Å²) in [5.41, 5.74) is 1.91. The van der Waals surface area contributed by atoms with E-state index in [1.807, 2.05) is 24.0 Å². The van der Waals surface area contributed by atoms with Crippen molar-refractivity contribution in [3.8, 4) is 6.07 Å². The molecule has 6 atom stereocenters. The SMILES string of the molecule is CCC(=O)N1CCC(NC(=O)C2C(C3CC3)C3C(c4ccc(C#N)cc4)N3N2C(C)C)C1. The molecule has 7 nitrogen and oxygen atoms in total. The first kappa shape index (κ1) is 21.4. The lowest BCUT2D eigenvalue weighted by Crippen LogP contribution is -2.55. The number of carbonyl (C=O) groups excluding carboxylic acids is 2. The first-order valence-corrected chi connectivity index (χ1v) is 12.1. The van der Waals surface area contributed by atoms with Gasteiger partial charge in [0.05, 0.1) is 23.7 Å². The van der Waals surface area contributed by atoms with E-state index in [2.05, 4.69) is 47.4 Å². The van der Waals surface area contributed by atoms with Crippen molar-refractivity contribution in [2.75, 3.05) is 13.1 Å². The van der Waals surface area contributed by atoms with Gasteiger partial charge in [-0.3, -0.25) is 9.59 Å². The monoisotopic (exact) mass is 435 g/mol. The molecule has 1 saturated carbocycles. The highest BCUT2D eigenvalue weighted by molar-refractivity contribution is 5.84. The van der Waals surface area contributed by atoms with E-state index in [1.165, 1.54) is 18.4 Å². The molecule has 5 rings (SSSR count). The van der Waals surface area contributed by atoms with Gasteiger partial charge in [0, 0.05) is 37.5 Å². The predicted octanol–water partition coefficient (Wildman–Crippen LogP) is 2.44. The highest BCUT2D eigenvalue weighted by atomic mass is 16.2. The number of hydrogen-bond acceptors (Lipinski definition) is 5. The maximum Gasteiger partial charge on any atom is 0.239 e. The molecule has 170 valence electrons. The number of nitrogens with zero attached hydrogens (tertiary/aromatic N) is 4. The van der Waals surface area contributed by atoms with Crippen LogP contribution in [0.5, 0.6) is 0 Å². The maximum atomic E-state index is 13.6. The number of fused-ring (bicyclic) bond motifs is 1. The summed E-state index contributed by atoms with van der Waals surface area (Å²) < 4.78 is 0. The summed E-state index contributed by atoms with van der Waals surface area (Å²) >= 11 is 0. The molecule has 3 saturated heterocycles. The van der Waals surface area contributed by atoms with Crippen LogP contribution >= 0.6 is 0 Å². The van der Waals surface area contributed by atoms with Crippen LogP contribution in [0.15, 0.2) is 24.3 Å². The first-order valence-electron chi connectivity index (χ1n) is 12.1. The van der Waals surface area contributed by atoms with Crippen LogP contribution in [-0.4, -0.2) is 64.0 Å². The summed E-state index contributed by atoms with van der Waals surface area (Å²) in [5, 5.41) is 17.2. The molecule has 0 spiro atoms. The van der Waals surface area contributed by atoms with E-state index in [0.717, 1.165) is 13.0 Å². The first-order chi connectivity index (χ1) is 15.4. The number of hydrazine groups is 1. The molecule has 2 amide bonds. The van der Waals surface area contributed by atoms with Gasteiger partial charge in [-0.25, -0.2) is 10.0 Å². The molecule has 4 aliphatic rings. The molecule has 0 radical (unpaired) electrons. The van der Waals surface area contributed by atoms with Gasteiger partial charge in [-0.2, -0.15) is 5.26 Å². The molecule has 0 aromatic heterocycles. The molecule has 0 bridgehead atoms. The summed E-state index contributed by atoms with van der Waals surface area (Å²) in [5.74, 6) is 1.22. The van der Waals surface area contributed by atoms with Crippen molar-refractivity contribution in [3.05, 3.63) is 35.4 Å². The van der Waals surface area contributed by atoms with E-state index in [0.29, 0.717) is 42.4 Å². The zero-order chi connectivity index (χ0) is 22.6.